The maximum atomic E-state index is 12.2. The fourth-order valence-corrected chi connectivity index (χ4v) is 3.31. The summed E-state index contributed by atoms with van der Waals surface area (Å²) in [5.41, 5.74) is 0.276. The summed E-state index contributed by atoms with van der Waals surface area (Å²) in [7, 11) is -3.95. The summed E-state index contributed by atoms with van der Waals surface area (Å²) >= 11 is 17.5. The molecule has 0 amide bonds. The number of pyridine rings is 1. The van der Waals surface area contributed by atoms with Crippen LogP contribution < -0.4 is 10.3 Å². The van der Waals surface area contributed by atoms with E-state index in [4.69, 9.17) is 34.8 Å². The van der Waals surface area contributed by atoms with Crippen molar-refractivity contribution in [2.75, 3.05) is 4.72 Å². The van der Waals surface area contributed by atoms with Crippen molar-refractivity contribution >= 4 is 50.5 Å². The lowest BCUT2D eigenvalue weighted by atomic mass is 10.2. The predicted molar refractivity (Wildman–Crippen MR) is 84.1 cm³/mol. The molecule has 0 radical (unpaired) electrons. The molecule has 0 unspecified atom stereocenters. The largest absolute Gasteiger partial charge is 0.326 e. The van der Waals surface area contributed by atoms with Gasteiger partial charge in [-0.3, -0.25) is 9.52 Å². The van der Waals surface area contributed by atoms with E-state index >= 15 is 0 Å². The molecule has 0 aliphatic heterocycles. The molecule has 0 bridgehead atoms. The number of hydrogen-bond acceptors (Lipinski definition) is 3. The summed E-state index contributed by atoms with van der Waals surface area (Å²) in [6.45, 7) is 1.74. The van der Waals surface area contributed by atoms with Crippen molar-refractivity contribution in [1.29, 1.82) is 0 Å². The van der Waals surface area contributed by atoms with Gasteiger partial charge in [-0.1, -0.05) is 34.8 Å². The first-order valence-electron chi connectivity index (χ1n) is 5.57. The first-order valence-corrected chi connectivity index (χ1v) is 8.19. The molecule has 0 fully saturated rings. The van der Waals surface area contributed by atoms with E-state index in [2.05, 4.69) is 9.71 Å². The number of anilines is 1. The van der Waals surface area contributed by atoms with Crippen LogP contribution >= 0.6 is 34.8 Å². The fraction of sp³-hybridized carbons (Fsp3) is 0.0833. The third-order valence-electron chi connectivity index (χ3n) is 2.63. The zero-order valence-corrected chi connectivity index (χ0v) is 13.7. The summed E-state index contributed by atoms with van der Waals surface area (Å²) in [6, 6.07) is 4.00. The highest BCUT2D eigenvalue weighted by molar-refractivity contribution is 7.92. The first kappa shape index (κ1) is 16.2. The van der Waals surface area contributed by atoms with Crippen LogP contribution in [0.1, 0.15) is 5.56 Å². The van der Waals surface area contributed by atoms with Crippen molar-refractivity contribution in [3.05, 3.63) is 55.4 Å². The van der Waals surface area contributed by atoms with E-state index in [-0.39, 0.29) is 20.6 Å². The molecule has 2 aromatic rings. The molecule has 1 heterocycles. The molecule has 112 valence electrons. The molecule has 0 aliphatic rings. The number of aryl methyl sites for hydroxylation is 1. The second-order valence-corrected chi connectivity index (χ2v) is 7.10. The average molecular weight is 368 g/mol. The topological polar surface area (TPSA) is 79.0 Å². The van der Waals surface area contributed by atoms with Gasteiger partial charge in [-0.25, -0.2) is 8.42 Å². The van der Waals surface area contributed by atoms with Gasteiger partial charge in [0, 0.05) is 11.2 Å². The molecule has 2 N–H and O–H groups in total. The smallest absolute Gasteiger partial charge is 0.266 e. The van der Waals surface area contributed by atoms with Gasteiger partial charge in [0.05, 0.1) is 10.7 Å². The van der Waals surface area contributed by atoms with E-state index in [1.807, 2.05) is 0 Å². The van der Waals surface area contributed by atoms with E-state index in [0.29, 0.717) is 5.02 Å². The Morgan fingerprint density at radius 2 is 1.71 bits per heavy atom. The average Bonchev–Trinajstić information content (AvgIpc) is 2.39. The minimum Gasteiger partial charge on any atom is -0.326 e. The minimum atomic E-state index is -3.95. The SMILES string of the molecule is Cc1cc(Cl)c(NS(=O)(=O)c2c[nH]c(=O)c(Cl)c2)cc1Cl. The fourth-order valence-electron chi connectivity index (χ4n) is 1.52. The van der Waals surface area contributed by atoms with E-state index < -0.39 is 15.6 Å². The van der Waals surface area contributed by atoms with Gasteiger partial charge in [-0.2, -0.15) is 0 Å². The Balaban J connectivity index is 2.44. The second-order valence-electron chi connectivity index (χ2n) is 4.20. The third kappa shape index (κ3) is 3.52. The molecule has 0 saturated heterocycles. The quantitative estimate of drug-likeness (QED) is 0.872. The van der Waals surface area contributed by atoms with Crippen LogP contribution in [0.3, 0.4) is 0 Å². The minimum absolute atomic E-state index is 0.134. The summed E-state index contributed by atoms with van der Waals surface area (Å²) in [4.78, 5) is 13.2. The lowest BCUT2D eigenvalue weighted by Gasteiger charge is -2.11. The van der Waals surface area contributed by atoms with Gasteiger partial charge in [0.25, 0.3) is 15.6 Å². The van der Waals surface area contributed by atoms with Crippen molar-refractivity contribution in [2.24, 2.45) is 0 Å². The summed E-state index contributed by atoms with van der Waals surface area (Å²) in [6.07, 6.45) is 1.04. The zero-order valence-electron chi connectivity index (χ0n) is 10.6. The Bertz CT molecular complexity index is 863. The predicted octanol–water partition coefficient (Wildman–Crippen LogP) is 3.44. The van der Waals surface area contributed by atoms with E-state index in [0.717, 1.165) is 17.8 Å². The van der Waals surface area contributed by atoms with Crippen LogP contribution in [0.25, 0.3) is 0 Å². The van der Waals surface area contributed by atoms with Crippen LogP contribution in [0.4, 0.5) is 5.69 Å². The van der Waals surface area contributed by atoms with Crippen LogP contribution in [-0.4, -0.2) is 13.4 Å². The van der Waals surface area contributed by atoms with E-state index in [1.54, 1.807) is 13.0 Å². The molecule has 0 spiro atoms. The normalized spacial score (nSPS) is 11.4. The molecule has 1 aromatic carbocycles. The number of benzene rings is 1. The number of aromatic nitrogens is 1. The Labute approximate surface area is 135 Å². The van der Waals surface area contributed by atoms with E-state index in [9.17, 15) is 13.2 Å². The summed E-state index contributed by atoms with van der Waals surface area (Å²) < 4.78 is 26.7. The first-order chi connectivity index (χ1) is 9.70. The van der Waals surface area contributed by atoms with Gasteiger partial charge in [0.15, 0.2) is 0 Å². The van der Waals surface area contributed by atoms with Gasteiger partial charge in [-0.05, 0) is 30.7 Å². The van der Waals surface area contributed by atoms with Gasteiger partial charge in [0.2, 0.25) is 0 Å². The van der Waals surface area contributed by atoms with Crippen LogP contribution in [0.15, 0.2) is 34.1 Å². The molecule has 21 heavy (non-hydrogen) atoms. The van der Waals surface area contributed by atoms with Crippen molar-refractivity contribution in [3.63, 3.8) is 0 Å². The van der Waals surface area contributed by atoms with Gasteiger partial charge in [0.1, 0.15) is 9.92 Å². The van der Waals surface area contributed by atoms with Gasteiger partial charge < -0.3 is 4.98 Å². The Hall–Kier alpha value is -1.21. The number of halogens is 3. The van der Waals surface area contributed by atoms with Crippen LogP contribution in [0, 0.1) is 6.92 Å². The lowest BCUT2D eigenvalue weighted by Crippen LogP contribution is -2.16. The maximum Gasteiger partial charge on any atom is 0.266 e. The number of H-pyrrole nitrogens is 1. The van der Waals surface area contributed by atoms with Crippen molar-refractivity contribution in [1.82, 2.24) is 4.98 Å². The van der Waals surface area contributed by atoms with Gasteiger partial charge >= 0.3 is 0 Å². The molecule has 5 nitrogen and oxygen atoms in total. The van der Waals surface area contributed by atoms with Gasteiger partial charge in [-0.15, -0.1) is 0 Å². The molecule has 0 aliphatic carbocycles. The Morgan fingerprint density at radius 1 is 1.05 bits per heavy atom. The summed E-state index contributed by atoms with van der Waals surface area (Å²) in [5, 5.41) is 0.346. The number of sulfonamides is 1. The standard InChI is InChI=1S/C12H9Cl3N2O3S/c1-6-2-9(14)11(4-8(6)13)17-21(19,20)7-3-10(15)12(18)16-5-7/h2-5,17H,1H3,(H,16,18). The second kappa shape index (κ2) is 5.88. The Kier molecular flexibility index (Phi) is 4.53. The molecule has 1 aromatic heterocycles. The zero-order chi connectivity index (χ0) is 15.8. The number of aromatic amines is 1. The molecule has 0 saturated carbocycles. The van der Waals surface area contributed by atoms with Crippen LogP contribution in [-0.2, 0) is 10.0 Å². The van der Waals surface area contributed by atoms with Crippen LogP contribution in [0.2, 0.25) is 15.1 Å². The van der Waals surface area contributed by atoms with Crippen molar-refractivity contribution in [3.8, 4) is 0 Å². The monoisotopic (exact) mass is 366 g/mol. The van der Waals surface area contributed by atoms with Crippen molar-refractivity contribution < 1.29 is 8.42 Å². The van der Waals surface area contributed by atoms with Crippen LogP contribution in [0.5, 0.6) is 0 Å². The maximum absolute atomic E-state index is 12.2. The summed E-state index contributed by atoms with van der Waals surface area (Å²) in [5.74, 6) is 0. The highest BCUT2D eigenvalue weighted by atomic mass is 35.5. The molecular formula is C12H9Cl3N2O3S. The molecule has 9 heteroatoms. The molecule has 0 atom stereocenters. The molecule has 2 rings (SSSR count). The highest BCUT2D eigenvalue weighted by Gasteiger charge is 2.18. The lowest BCUT2D eigenvalue weighted by molar-refractivity contribution is 0.600. The third-order valence-corrected chi connectivity index (χ3v) is 4.98. The van der Waals surface area contributed by atoms with E-state index in [1.165, 1.54) is 6.07 Å². The highest BCUT2D eigenvalue weighted by Crippen LogP contribution is 2.30. The van der Waals surface area contributed by atoms with Crippen molar-refractivity contribution in [2.45, 2.75) is 11.8 Å². The number of hydrogen-bond donors (Lipinski definition) is 2. The molecular weight excluding hydrogens is 359 g/mol. The Morgan fingerprint density at radius 3 is 2.33 bits per heavy atom. The number of rotatable bonds is 3. The number of nitrogens with one attached hydrogen (secondary N) is 2.